The van der Waals surface area contributed by atoms with E-state index < -0.39 is 0 Å². The second kappa shape index (κ2) is 5.15. The van der Waals surface area contributed by atoms with Crippen molar-refractivity contribution in [2.75, 3.05) is 6.61 Å². The number of carbonyl (C=O) groups is 2. The van der Waals surface area contributed by atoms with E-state index in [1.165, 1.54) is 0 Å². The molecule has 0 amide bonds. The van der Waals surface area contributed by atoms with Gasteiger partial charge in [0.2, 0.25) is 0 Å². The Balaban J connectivity index is 1.71. The van der Waals surface area contributed by atoms with Crippen molar-refractivity contribution in [1.29, 1.82) is 0 Å². The molecule has 0 aromatic heterocycles. The number of Topliss-reactive ketones (excluding diaryl/α,β-unsaturated/α-hetero) is 2. The van der Waals surface area contributed by atoms with Crippen LogP contribution in [0, 0.1) is 40.4 Å². The fraction of sp³-hybridized carbons (Fsp3) is 0.900. The first-order chi connectivity index (χ1) is 10.9. The van der Waals surface area contributed by atoms with Gasteiger partial charge < -0.3 is 5.11 Å². The van der Waals surface area contributed by atoms with E-state index in [-0.39, 0.29) is 23.4 Å². The van der Waals surface area contributed by atoms with Crippen molar-refractivity contribution in [3.8, 4) is 0 Å². The van der Waals surface area contributed by atoms with Gasteiger partial charge in [0, 0.05) is 36.7 Å². The lowest BCUT2D eigenvalue weighted by Gasteiger charge is -2.62. The Kier molecular flexibility index (Phi) is 3.54. The summed E-state index contributed by atoms with van der Waals surface area (Å²) in [6.45, 7) is 4.62. The monoisotopic (exact) mass is 318 g/mol. The van der Waals surface area contributed by atoms with Gasteiger partial charge in [-0.1, -0.05) is 13.8 Å². The van der Waals surface area contributed by atoms with Crippen molar-refractivity contribution in [2.24, 2.45) is 40.4 Å². The summed E-state index contributed by atoms with van der Waals surface area (Å²) in [5.74, 6) is 3.13. The first-order valence-electron chi connectivity index (χ1n) is 9.59. The highest BCUT2D eigenvalue weighted by Gasteiger charge is 2.63. The predicted octanol–water partition coefficient (Wildman–Crippen LogP) is 3.39. The quantitative estimate of drug-likeness (QED) is 0.806. The molecule has 4 saturated carbocycles. The van der Waals surface area contributed by atoms with Crippen molar-refractivity contribution >= 4 is 11.6 Å². The third kappa shape index (κ3) is 1.92. The predicted molar refractivity (Wildman–Crippen MR) is 87.7 cm³/mol. The summed E-state index contributed by atoms with van der Waals surface area (Å²) < 4.78 is 0. The van der Waals surface area contributed by atoms with Gasteiger partial charge in [0.25, 0.3) is 0 Å². The summed E-state index contributed by atoms with van der Waals surface area (Å²) in [6.07, 6.45) is 7.41. The fourth-order valence-corrected chi connectivity index (χ4v) is 7.45. The van der Waals surface area contributed by atoms with Crippen molar-refractivity contribution < 1.29 is 14.7 Å². The Morgan fingerprint density at radius 1 is 1.09 bits per heavy atom. The van der Waals surface area contributed by atoms with Crippen LogP contribution >= 0.6 is 0 Å². The topological polar surface area (TPSA) is 54.4 Å². The fourth-order valence-electron chi connectivity index (χ4n) is 7.45. The summed E-state index contributed by atoms with van der Waals surface area (Å²) in [6, 6.07) is 0. The maximum Gasteiger partial charge on any atom is 0.139 e. The molecular formula is C20H30O3. The molecule has 128 valence electrons. The van der Waals surface area contributed by atoms with Gasteiger partial charge >= 0.3 is 0 Å². The first-order valence-corrected chi connectivity index (χ1v) is 9.59. The van der Waals surface area contributed by atoms with Gasteiger partial charge in [-0.2, -0.15) is 0 Å². The molecule has 4 aliphatic rings. The van der Waals surface area contributed by atoms with Crippen LogP contribution in [0.25, 0.3) is 0 Å². The zero-order valence-corrected chi connectivity index (χ0v) is 14.5. The first kappa shape index (κ1) is 15.8. The average Bonchev–Trinajstić information content (AvgIpc) is 2.82. The normalized spacial score (nSPS) is 52.7. The van der Waals surface area contributed by atoms with E-state index in [1.54, 1.807) is 0 Å². The van der Waals surface area contributed by atoms with Crippen LogP contribution in [-0.2, 0) is 9.59 Å². The standard InChI is InChI=1S/C20H30O3/c1-12-9-14(22)10-13-3-4-15-16-5-6-18(23)19(16,2)8-7-17(15)20(12,13)11-21/h12-13,15-17,21H,3-11H2,1-2H3/t12?,13?,15-,16-,17+,19-,20-/m0/s1. The van der Waals surface area contributed by atoms with Crippen molar-refractivity contribution in [3.63, 3.8) is 0 Å². The molecule has 0 bridgehead atoms. The average molecular weight is 318 g/mol. The van der Waals surface area contributed by atoms with Crippen molar-refractivity contribution in [3.05, 3.63) is 0 Å². The molecule has 0 saturated heterocycles. The Morgan fingerprint density at radius 2 is 1.87 bits per heavy atom. The summed E-state index contributed by atoms with van der Waals surface area (Å²) in [5.41, 5.74) is -0.165. The number of carbonyl (C=O) groups excluding carboxylic acids is 2. The Hall–Kier alpha value is -0.700. The number of ketones is 2. The third-order valence-corrected chi connectivity index (χ3v) is 8.64. The van der Waals surface area contributed by atoms with Crippen molar-refractivity contribution in [2.45, 2.75) is 65.2 Å². The SMILES string of the molecule is CC1CC(=O)CC2CC[C@@H]3[C@@H](CC[C@]4(C)C(=O)CC[C@@H]34)[C@@]12CO. The Morgan fingerprint density at radius 3 is 2.61 bits per heavy atom. The summed E-state index contributed by atoms with van der Waals surface area (Å²) in [7, 11) is 0. The lowest BCUT2D eigenvalue weighted by Crippen LogP contribution is -2.59. The highest BCUT2D eigenvalue weighted by molar-refractivity contribution is 5.87. The van der Waals surface area contributed by atoms with Crippen molar-refractivity contribution in [1.82, 2.24) is 0 Å². The molecule has 4 rings (SSSR count). The molecule has 7 atom stereocenters. The molecule has 3 heteroatoms. The van der Waals surface area contributed by atoms with Gasteiger partial charge in [-0.05, 0) is 61.7 Å². The Labute approximate surface area is 139 Å². The minimum absolute atomic E-state index is 0.0657. The molecule has 0 radical (unpaired) electrons. The van der Waals surface area contributed by atoms with E-state index >= 15 is 0 Å². The van der Waals surface area contributed by atoms with E-state index in [1.807, 2.05) is 0 Å². The van der Waals surface area contributed by atoms with E-state index in [4.69, 9.17) is 0 Å². The molecule has 0 aliphatic heterocycles. The van der Waals surface area contributed by atoms with Gasteiger partial charge in [0.15, 0.2) is 0 Å². The van der Waals surface area contributed by atoms with Crippen LogP contribution in [0.3, 0.4) is 0 Å². The molecule has 0 heterocycles. The molecule has 2 unspecified atom stereocenters. The van der Waals surface area contributed by atoms with Gasteiger partial charge in [-0.3, -0.25) is 9.59 Å². The van der Waals surface area contributed by atoms with Crippen LogP contribution in [0.5, 0.6) is 0 Å². The highest BCUT2D eigenvalue weighted by atomic mass is 16.3. The molecule has 0 aromatic carbocycles. The van der Waals surface area contributed by atoms with Crippen LogP contribution in [0.15, 0.2) is 0 Å². The summed E-state index contributed by atoms with van der Waals surface area (Å²) in [5, 5.41) is 10.5. The van der Waals surface area contributed by atoms with Gasteiger partial charge in [0.05, 0.1) is 0 Å². The second-order valence-electron chi connectivity index (χ2n) is 9.19. The zero-order chi connectivity index (χ0) is 16.4. The van der Waals surface area contributed by atoms with Crippen LogP contribution in [0.1, 0.15) is 65.2 Å². The van der Waals surface area contributed by atoms with E-state index in [9.17, 15) is 14.7 Å². The number of hydrogen-bond acceptors (Lipinski definition) is 3. The lowest BCUT2D eigenvalue weighted by molar-refractivity contribution is -0.169. The molecular weight excluding hydrogens is 288 g/mol. The number of aliphatic hydroxyl groups excluding tert-OH is 1. The molecule has 3 nitrogen and oxygen atoms in total. The molecule has 0 spiro atoms. The molecule has 4 aliphatic carbocycles. The van der Waals surface area contributed by atoms with E-state index in [0.29, 0.717) is 48.1 Å². The van der Waals surface area contributed by atoms with Gasteiger partial charge in [-0.15, -0.1) is 0 Å². The smallest absolute Gasteiger partial charge is 0.139 e. The second-order valence-corrected chi connectivity index (χ2v) is 9.19. The third-order valence-electron chi connectivity index (χ3n) is 8.64. The summed E-state index contributed by atoms with van der Waals surface area (Å²) >= 11 is 0. The van der Waals surface area contributed by atoms with E-state index in [2.05, 4.69) is 13.8 Å². The van der Waals surface area contributed by atoms with Gasteiger partial charge in [0.1, 0.15) is 11.6 Å². The molecule has 1 N–H and O–H groups in total. The maximum atomic E-state index is 12.5. The minimum atomic E-state index is -0.0988. The maximum absolute atomic E-state index is 12.5. The zero-order valence-electron chi connectivity index (χ0n) is 14.5. The molecule has 0 aromatic rings. The largest absolute Gasteiger partial charge is 0.396 e. The van der Waals surface area contributed by atoms with Crippen LogP contribution in [-0.4, -0.2) is 23.3 Å². The highest BCUT2D eigenvalue weighted by Crippen LogP contribution is 2.66. The Bertz CT molecular complexity index is 541. The number of fused-ring (bicyclic) bond motifs is 5. The van der Waals surface area contributed by atoms with Crippen LogP contribution < -0.4 is 0 Å². The summed E-state index contributed by atoms with van der Waals surface area (Å²) in [4.78, 5) is 24.5. The van der Waals surface area contributed by atoms with Crippen LogP contribution in [0.4, 0.5) is 0 Å². The van der Waals surface area contributed by atoms with Crippen LogP contribution in [0.2, 0.25) is 0 Å². The number of rotatable bonds is 1. The number of aliphatic hydroxyl groups is 1. The minimum Gasteiger partial charge on any atom is -0.396 e. The molecule has 4 fully saturated rings. The molecule has 23 heavy (non-hydrogen) atoms. The number of hydrogen-bond donors (Lipinski definition) is 1. The lowest BCUT2D eigenvalue weighted by atomic mass is 9.42. The van der Waals surface area contributed by atoms with Gasteiger partial charge in [-0.25, -0.2) is 0 Å². The van der Waals surface area contributed by atoms with E-state index in [0.717, 1.165) is 38.5 Å².